The van der Waals surface area contributed by atoms with Crippen molar-refractivity contribution in [1.29, 1.82) is 0 Å². The zero-order chi connectivity index (χ0) is 19.9. The summed E-state index contributed by atoms with van der Waals surface area (Å²) >= 11 is 1.64. The molecule has 0 aliphatic carbocycles. The van der Waals surface area contributed by atoms with Crippen molar-refractivity contribution in [2.24, 2.45) is 5.73 Å². The largest absolute Gasteiger partial charge is 0.351 e. The number of rotatable bonds is 7. The highest BCUT2D eigenvalue weighted by atomic mass is 32.1. The molecule has 2 aromatic carbocycles. The Labute approximate surface area is 168 Å². The van der Waals surface area contributed by atoms with E-state index < -0.39 is 18.0 Å². The van der Waals surface area contributed by atoms with Gasteiger partial charge in [-0.15, -0.1) is 11.3 Å². The van der Waals surface area contributed by atoms with Crippen molar-refractivity contribution in [2.75, 3.05) is 0 Å². The summed E-state index contributed by atoms with van der Waals surface area (Å²) < 4.78 is 0. The van der Waals surface area contributed by atoms with Gasteiger partial charge in [0.15, 0.2) is 6.04 Å². The van der Waals surface area contributed by atoms with E-state index in [1.807, 2.05) is 47.1 Å². The van der Waals surface area contributed by atoms with Gasteiger partial charge in [-0.1, -0.05) is 67.6 Å². The standard InChI is InChI=1S/C22H23N3O2S/c1-2-15-10-12-17(13-11-15)19(18-9-6-14-28-18)24-20(21(26)25-22(23)27)16-7-4-3-5-8-16/h3-14,19-20,24H,2H2,1H3,(H3,23,25,26,27)/p+1/t19-,20+/m1/s1. The second-order valence-corrected chi connectivity index (χ2v) is 7.50. The molecule has 5 N–H and O–H groups in total. The number of thiophene rings is 1. The van der Waals surface area contributed by atoms with Crippen LogP contribution in [0.1, 0.15) is 40.6 Å². The predicted molar refractivity (Wildman–Crippen MR) is 111 cm³/mol. The number of hydrogen-bond acceptors (Lipinski definition) is 3. The molecule has 144 valence electrons. The lowest BCUT2D eigenvalue weighted by molar-refractivity contribution is -0.713. The van der Waals surface area contributed by atoms with Crippen molar-refractivity contribution in [3.05, 3.63) is 93.7 Å². The van der Waals surface area contributed by atoms with E-state index in [1.165, 1.54) is 5.56 Å². The quantitative estimate of drug-likeness (QED) is 0.575. The van der Waals surface area contributed by atoms with Crippen molar-refractivity contribution >= 4 is 23.3 Å². The molecule has 28 heavy (non-hydrogen) atoms. The molecule has 0 fully saturated rings. The lowest BCUT2D eigenvalue weighted by Crippen LogP contribution is -2.88. The smallest absolute Gasteiger partial charge is 0.319 e. The summed E-state index contributed by atoms with van der Waals surface area (Å²) in [5, 5.41) is 6.25. The molecule has 1 heterocycles. The molecule has 0 unspecified atom stereocenters. The average molecular weight is 395 g/mol. The van der Waals surface area contributed by atoms with Crippen LogP contribution in [0.2, 0.25) is 0 Å². The molecular weight excluding hydrogens is 370 g/mol. The SMILES string of the molecule is CCc1ccc([C@@H]([NH2+][C@H](C(=O)NC(N)=O)c2ccccc2)c2cccs2)cc1. The van der Waals surface area contributed by atoms with Crippen LogP contribution < -0.4 is 16.4 Å². The average Bonchev–Trinajstić information content (AvgIpc) is 3.23. The van der Waals surface area contributed by atoms with Gasteiger partial charge in [-0.2, -0.15) is 0 Å². The molecule has 3 amide bonds. The molecular formula is C22H24N3O2S+. The first-order valence-electron chi connectivity index (χ1n) is 9.21. The zero-order valence-corrected chi connectivity index (χ0v) is 16.5. The van der Waals surface area contributed by atoms with Gasteiger partial charge in [-0.3, -0.25) is 10.1 Å². The molecule has 0 saturated heterocycles. The third-order valence-electron chi connectivity index (χ3n) is 4.67. The minimum Gasteiger partial charge on any atom is -0.351 e. The molecule has 0 aliphatic rings. The van der Waals surface area contributed by atoms with Crippen LogP contribution in [0.25, 0.3) is 0 Å². The van der Waals surface area contributed by atoms with Gasteiger partial charge in [0.05, 0.1) is 4.88 Å². The Kier molecular flexibility index (Phi) is 6.57. The van der Waals surface area contributed by atoms with E-state index in [0.29, 0.717) is 0 Å². The number of hydrogen-bond donors (Lipinski definition) is 3. The van der Waals surface area contributed by atoms with Gasteiger partial charge in [-0.25, -0.2) is 4.79 Å². The number of aryl methyl sites for hydroxylation is 1. The fraction of sp³-hybridized carbons (Fsp3) is 0.182. The van der Waals surface area contributed by atoms with Gasteiger partial charge in [0.25, 0.3) is 5.91 Å². The van der Waals surface area contributed by atoms with Crippen molar-refractivity contribution < 1.29 is 14.9 Å². The highest BCUT2D eigenvalue weighted by molar-refractivity contribution is 7.10. The van der Waals surface area contributed by atoms with E-state index >= 15 is 0 Å². The summed E-state index contributed by atoms with van der Waals surface area (Å²) in [5.41, 5.74) is 8.38. The maximum absolute atomic E-state index is 12.8. The number of carbonyl (C=O) groups is 2. The highest BCUT2D eigenvalue weighted by Crippen LogP contribution is 2.25. The summed E-state index contributed by atoms with van der Waals surface area (Å²) in [7, 11) is 0. The summed E-state index contributed by atoms with van der Waals surface area (Å²) in [4.78, 5) is 25.2. The van der Waals surface area contributed by atoms with Crippen LogP contribution in [0.5, 0.6) is 0 Å². The molecule has 0 bridgehead atoms. The third kappa shape index (κ3) is 4.85. The molecule has 0 aliphatic heterocycles. The second kappa shape index (κ2) is 9.30. The highest BCUT2D eigenvalue weighted by Gasteiger charge is 2.31. The van der Waals surface area contributed by atoms with Crippen LogP contribution in [-0.2, 0) is 11.2 Å². The van der Waals surface area contributed by atoms with Crippen LogP contribution in [0.15, 0.2) is 72.1 Å². The van der Waals surface area contributed by atoms with Crippen molar-refractivity contribution in [3.8, 4) is 0 Å². The Balaban J connectivity index is 1.97. The predicted octanol–water partition coefficient (Wildman–Crippen LogP) is 2.90. The number of carbonyl (C=O) groups excluding carboxylic acids is 2. The second-order valence-electron chi connectivity index (χ2n) is 6.52. The van der Waals surface area contributed by atoms with Crippen molar-refractivity contribution in [1.82, 2.24) is 5.32 Å². The van der Waals surface area contributed by atoms with E-state index in [4.69, 9.17) is 5.73 Å². The van der Waals surface area contributed by atoms with Crippen LogP contribution in [0.4, 0.5) is 4.79 Å². The van der Waals surface area contributed by atoms with Crippen LogP contribution in [-0.4, -0.2) is 11.9 Å². The fourth-order valence-electron chi connectivity index (χ4n) is 3.20. The first-order valence-corrected chi connectivity index (χ1v) is 10.1. The van der Waals surface area contributed by atoms with Crippen LogP contribution in [0.3, 0.4) is 0 Å². The van der Waals surface area contributed by atoms with Gasteiger partial charge in [0.2, 0.25) is 0 Å². The van der Waals surface area contributed by atoms with E-state index in [2.05, 4.69) is 42.6 Å². The molecule has 0 radical (unpaired) electrons. The Morgan fingerprint density at radius 1 is 1.00 bits per heavy atom. The monoisotopic (exact) mass is 394 g/mol. The molecule has 3 aromatic rings. The molecule has 5 nitrogen and oxygen atoms in total. The number of imide groups is 1. The number of quaternary nitrogens is 1. The first-order chi connectivity index (χ1) is 13.6. The Hall–Kier alpha value is -2.96. The number of nitrogens with two attached hydrogens (primary N) is 2. The minimum atomic E-state index is -0.848. The van der Waals surface area contributed by atoms with Gasteiger partial charge >= 0.3 is 6.03 Å². The van der Waals surface area contributed by atoms with Gasteiger partial charge < -0.3 is 11.1 Å². The Morgan fingerprint density at radius 2 is 1.71 bits per heavy atom. The topological polar surface area (TPSA) is 88.8 Å². The lowest BCUT2D eigenvalue weighted by atomic mass is 9.99. The van der Waals surface area contributed by atoms with E-state index in [9.17, 15) is 9.59 Å². The Bertz CT molecular complexity index is 909. The summed E-state index contributed by atoms with van der Waals surface area (Å²) in [6.07, 6.45) is 0.974. The maximum Gasteiger partial charge on any atom is 0.319 e. The van der Waals surface area contributed by atoms with Gasteiger partial charge in [-0.05, 0) is 23.4 Å². The van der Waals surface area contributed by atoms with Gasteiger partial charge in [0.1, 0.15) is 6.04 Å². The molecule has 3 rings (SSSR count). The summed E-state index contributed by atoms with van der Waals surface area (Å²) in [6.45, 7) is 2.12. The zero-order valence-electron chi connectivity index (χ0n) is 15.7. The number of nitrogens with one attached hydrogen (secondary N) is 1. The van der Waals surface area contributed by atoms with Crippen LogP contribution in [0, 0.1) is 0 Å². The fourth-order valence-corrected chi connectivity index (χ4v) is 4.03. The van der Waals surface area contributed by atoms with E-state index in [1.54, 1.807) is 11.3 Å². The van der Waals surface area contributed by atoms with Crippen LogP contribution >= 0.6 is 11.3 Å². The summed E-state index contributed by atoms with van der Waals surface area (Å²) in [6, 6.07) is 20.4. The molecule has 6 heteroatoms. The van der Waals surface area contributed by atoms with Crippen molar-refractivity contribution in [3.63, 3.8) is 0 Å². The normalized spacial score (nSPS) is 12.9. The number of benzene rings is 2. The third-order valence-corrected chi connectivity index (χ3v) is 5.62. The van der Waals surface area contributed by atoms with Crippen molar-refractivity contribution in [2.45, 2.75) is 25.4 Å². The number of urea groups is 1. The number of primary amides is 1. The Morgan fingerprint density at radius 3 is 2.29 bits per heavy atom. The van der Waals surface area contributed by atoms with E-state index in [-0.39, 0.29) is 6.04 Å². The van der Waals surface area contributed by atoms with Gasteiger partial charge in [0, 0.05) is 11.1 Å². The molecule has 0 spiro atoms. The molecule has 2 atom stereocenters. The van der Waals surface area contributed by atoms with E-state index in [0.717, 1.165) is 22.4 Å². The first kappa shape index (κ1) is 19.8. The maximum atomic E-state index is 12.8. The number of amides is 3. The lowest BCUT2D eigenvalue weighted by Gasteiger charge is -2.22. The minimum absolute atomic E-state index is 0.0743. The molecule has 0 saturated carbocycles. The molecule has 1 aromatic heterocycles. The summed E-state index contributed by atoms with van der Waals surface area (Å²) in [5.74, 6) is -0.426.